The summed E-state index contributed by atoms with van der Waals surface area (Å²) in [5.41, 5.74) is -0.660. The van der Waals surface area contributed by atoms with E-state index in [0.717, 1.165) is 18.2 Å². The van der Waals surface area contributed by atoms with Crippen molar-refractivity contribution in [3.05, 3.63) is 71.7 Å². The number of carbonyl (C=O) groups is 1. The molecule has 0 saturated heterocycles. The van der Waals surface area contributed by atoms with Gasteiger partial charge < -0.3 is 5.32 Å². The number of carbonyl (C=O) groups excluding carboxylic acids is 1. The summed E-state index contributed by atoms with van der Waals surface area (Å²) in [5, 5.41) is 2.83. The molecule has 1 aromatic heterocycles. The average molecular weight is 334 g/mol. The Morgan fingerprint density at radius 1 is 1.04 bits per heavy atom. The highest BCUT2D eigenvalue weighted by molar-refractivity contribution is 6.08. The van der Waals surface area contributed by atoms with Gasteiger partial charge in [-0.1, -0.05) is 18.2 Å². The number of rotatable bonds is 2. The highest BCUT2D eigenvalue weighted by Gasteiger charge is 2.30. The minimum atomic E-state index is -4.48. The third kappa shape index (κ3) is 3.05. The van der Waals surface area contributed by atoms with Crippen molar-refractivity contribution in [2.45, 2.75) is 6.18 Å². The number of amides is 1. The minimum Gasteiger partial charge on any atom is -0.321 e. The monoisotopic (exact) mass is 334 g/mol. The van der Waals surface area contributed by atoms with Gasteiger partial charge in [-0.05, 0) is 30.3 Å². The van der Waals surface area contributed by atoms with Crippen LogP contribution >= 0.6 is 0 Å². The lowest BCUT2D eigenvalue weighted by molar-refractivity contribution is -0.137. The lowest BCUT2D eigenvalue weighted by Gasteiger charge is -2.11. The molecule has 122 valence electrons. The summed E-state index contributed by atoms with van der Waals surface area (Å²) < 4.78 is 51.9. The Bertz CT molecular complexity index is 922. The number of nitrogens with zero attached hydrogens (tertiary/aromatic N) is 1. The molecule has 1 heterocycles. The maximum absolute atomic E-state index is 13.6. The molecule has 2 aromatic carbocycles. The fourth-order valence-electron chi connectivity index (χ4n) is 2.27. The van der Waals surface area contributed by atoms with E-state index < -0.39 is 23.5 Å². The molecule has 0 spiro atoms. The molecular formula is C17H10F4N2O. The van der Waals surface area contributed by atoms with Crippen molar-refractivity contribution in [2.75, 3.05) is 5.32 Å². The Kier molecular flexibility index (Phi) is 3.92. The summed E-state index contributed by atoms with van der Waals surface area (Å²) in [6.07, 6.45) is -3.21. The first-order valence-corrected chi connectivity index (χ1v) is 6.88. The molecule has 0 aliphatic rings. The number of pyridine rings is 1. The summed E-state index contributed by atoms with van der Waals surface area (Å²) in [4.78, 5) is 16.0. The maximum atomic E-state index is 13.6. The summed E-state index contributed by atoms with van der Waals surface area (Å²) in [7, 11) is 0. The number of alkyl halides is 3. The van der Waals surface area contributed by atoms with Gasteiger partial charge in [0, 0.05) is 11.6 Å². The molecule has 3 nitrogen and oxygen atoms in total. The quantitative estimate of drug-likeness (QED) is 0.694. The van der Waals surface area contributed by atoms with Crippen molar-refractivity contribution >= 4 is 22.5 Å². The summed E-state index contributed by atoms with van der Waals surface area (Å²) >= 11 is 0. The van der Waals surface area contributed by atoms with Gasteiger partial charge in [0.15, 0.2) is 0 Å². The molecule has 0 radical (unpaired) electrons. The summed E-state index contributed by atoms with van der Waals surface area (Å²) in [6, 6.07) is 9.89. The molecule has 3 rings (SSSR count). The van der Waals surface area contributed by atoms with E-state index in [1.807, 2.05) is 0 Å². The molecule has 0 aliphatic carbocycles. The fourth-order valence-corrected chi connectivity index (χ4v) is 2.27. The SMILES string of the molecule is O=C(Nc1ccnc2cc(C(F)(F)F)ccc12)c1ccccc1F. The van der Waals surface area contributed by atoms with E-state index in [2.05, 4.69) is 10.3 Å². The molecular weight excluding hydrogens is 324 g/mol. The zero-order chi connectivity index (χ0) is 17.3. The number of aromatic nitrogens is 1. The smallest absolute Gasteiger partial charge is 0.321 e. The van der Waals surface area contributed by atoms with E-state index in [4.69, 9.17) is 0 Å². The molecule has 0 atom stereocenters. The first-order chi connectivity index (χ1) is 11.4. The molecule has 0 unspecified atom stereocenters. The number of fused-ring (bicyclic) bond motifs is 1. The molecule has 0 aliphatic heterocycles. The van der Waals surface area contributed by atoms with E-state index >= 15 is 0 Å². The van der Waals surface area contributed by atoms with Crippen molar-refractivity contribution in [3.63, 3.8) is 0 Å². The van der Waals surface area contributed by atoms with Crippen LogP contribution in [-0.4, -0.2) is 10.9 Å². The standard InChI is InChI=1S/C17H10F4N2O/c18-13-4-2-1-3-11(13)16(24)23-14-7-8-22-15-9-10(17(19,20)21)5-6-12(14)15/h1-9H,(H,22,23,24). The Labute approximate surface area is 133 Å². The van der Waals surface area contributed by atoms with Crippen LogP contribution in [0.15, 0.2) is 54.7 Å². The predicted octanol–water partition coefficient (Wildman–Crippen LogP) is 4.65. The van der Waals surface area contributed by atoms with Crippen LogP contribution in [-0.2, 0) is 6.18 Å². The summed E-state index contributed by atoms with van der Waals surface area (Å²) in [5.74, 6) is -1.38. The third-order valence-electron chi connectivity index (χ3n) is 3.44. The molecule has 3 aromatic rings. The molecule has 24 heavy (non-hydrogen) atoms. The van der Waals surface area contributed by atoms with Gasteiger partial charge >= 0.3 is 6.18 Å². The van der Waals surface area contributed by atoms with Crippen molar-refractivity contribution in [3.8, 4) is 0 Å². The molecule has 1 N–H and O–H groups in total. The summed E-state index contributed by atoms with van der Waals surface area (Å²) in [6.45, 7) is 0. The van der Waals surface area contributed by atoms with Gasteiger partial charge in [-0.2, -0.15) is 13.2 Å². The fraction of sp³-hybridized carbons (Fsp3) is 0.0588. The van der Waals surface area contributed by atoms with Crippen LogP contribution in [0.5, 0.6) is 0 Å². The van der Waals surface area contributed by atoms with Gasteiger partial charge in [0.1, 0.15) is 5.82 Å². The Balaban J connectivity index is 1.99. The topological polar surface area (TPSA) is 42.0 Å². The second kappa shape index (κ2) is 5.92. The number of benzene rings is 2. The van der Waals surface area contributed by atoms with E-state index in [1.54, 1.807) is 0 Å². The lowest BCUT2D eigenvalue weighted by Crippen LogP contribution is -2.14. The highest BCUT2D eigenvalue weighted by atomic mass is 19.4. The second-order valence-electron chi connectivity index (χ2n) is 5.02. The van der Waals surface area contributed by atoms with Gasteiger partial charge in [0.05, 0.1) is 22.3 Å². The van der Waals surface area contributed by atoms with E-state index in [9.17, 15) is 22.4 Å². The van der Waals surface area contributed by atoms with Gasteiger partial charge in [-0.25, -0.2) is 4.39 Å². The van der Waals surface area contributed by atoms with Crippen LogP contribution in [0.4, 0.5) is 23.2 Å². The number of halogens is 4. The Hall–Kier alpha value is -2.96. The van der Waals surface area contributed by atoms with Crippen molar-refractivity contribution in [1.82, 2.24) is 4.98 Å². The largest absolute Gasteiger partial charge is 0.416 e. The van der Waals surface area contributed by atoms with Crippen molar-refractivity contribution < 1.29 is 22.4 Å². The van der Waals surface area contributed by atoms with E-state index in [0.29, 0.717) is 5.39 Å². The van der Waals surface area contributed by atoms with Crippen LogP contribution < -0.4 is 5.32 Å². The molecule has 7 heteroatoms. The van der Waals surface area contributed by atoms with Crippen LogP contribution in [0.25, 0.3) is 10.9 Å². The second-order valence-corrected chi connectivity index (χ2v) is 5.02. The van der Waals surface area contributed by atoms with Gasteiger partial charge in [0.25, 0.3) is 5.91 Å². The number of anilines is 1. The Morgan fingerprint density at radius 3 is 2.50 bits per heavy atom. The van der Waals surface area contributed by atoms with Gasteiger partial charge in [-0.3, -0.25) is 9.78 Å². The first-order valence-electron chi connectivity index (χ1n) is 6.88. The molecule has 0 saturated carbocycles. The number of nitrogens with one attached hydrogen (secondary N) is 1. The van der Waals surface area contributed by atoms with Crippen LogP contribution in [0, 0.1) is 5.82 Å². The normalized spacial score (nSPS) is 11.5. The predicted molar refractivity (Wildman–Crippen MR) is 81.1 cm³/mol. The maximum Gasteiger partial charge on any atom is 0.416 e. The van der Waals surface area contributed by atoms with Crippen LogP contribution in [0.2, 0.25) is 0 Å². The van der Waals surface area contributed by atoms with Gasteiger partial charge in [0.2, 0.25) is 0 Å². The zero-order valence-corrected chi connectivity index (χ0v) is 12.1. The first kappa shape index (κ1) is 15.9. The van der Waals surface area contributed by atoms with Crippen LogP contribution in [0.1, 0.15) is 15.9 Å². The van der Waals surface area contributed by atoms with Crippen LogP contribution in [0.3, 0.4) is 0 Å². The molecule has 1 amide bonds. The molecule has 0 fully saturated rings. The number of hydrogen-bond donors (Lipinski definition) is 1. The average Bonchev–Trinajstić information content (AvgIpc) is 2.54. The molecule has 0 bridgehead atoms. The van der Waals surface area contributed by atoms with Crippen molar-refractivity contribution in [1.29, 1.82) is 0 Å². The third-order valence-corrected chi connectivity index (χ3v) is 3.44. The van der Waals surface area contributed by atoms with E-state index in [-0.39, 0.29) is 16.8 Å². The van der Waals surface area contributed by atoms with Crippen molar-refractivity contribution in [2.24, 2.45) is 0 Å². The van der Waals surface area contributed by atoms with E-state index in [1.165, 1.54) is 36.5 Å². The van der Waals surface area contributed by atoms with Gasteiger partial charge in [-0.15, -0.1) is 0 Å². The zero-order valence-electron chi connectivity index (χ0n) is 12.1. The minimum absolute atomic E-state index is 0.0798. The highest BCUT2D eigenvalue weighted by Crippen LogP contribution is 2.32. The lowest BCUT2D eigenvalue weighted by atomic mass is 10.1. The Morgan fingerprint density at radius 2 is 1.79 bits per heavy atom. The number of hydrogen-bond acceptors (Lipinski definition) is 2.